The van der Waals surface area contributed by atoms with Gasteiger partial charge in [-0.25, -0.2) is 0 Å². The predicted molar refractivity (Wildman–Crippen MR) is 173 cm³/mol. The standard InChI is InChI=1S/C39H24ClN/c40-30-17-19-34-33(23-30)37-35(20-18-32-31-11-5-6-12-36(31)41-38(32)37)39(34,28-15-13-24-7-1-3-9-26(24)21-28)29-16-14-25-8-2-4-10-27(25)22-29/h1-23,41H. The molecule has 8 aromatic rings. The molecule has 0 amide bonds. The molecule has 1 aliphatic rings. The van der Waals surface area contributed by atoms with Crippen molar-refractivity contribution in [2.45, 2.75) is 5.41 Å². The molecule has 0 saturated carbocycles. The summed E-state index contributed by atoms with van der Waals surface area (Å²) in [6.45, 7) is 0. The van der Waals surface area contributed by atoms with E-state index in [0.717, 1.165) is 16.1 Å². The van der Waals surface area contributed by atoms with Crippen LogP contribution in [0.1, 0.15) is 22.3 Å². The molecule has 0 bridgehead atoms. The Morgan fingerprint density at radius 3 is 1.80 bits per heavy atom. The highest BCUT2D eigenvalue weighted by Crippen LogP contribution is 2.59. The van der Waals surface area contributed by atoms with Crippen molar-refractivity contribution in [3.63, 3.8) is 0 Å². The SMILES string of the molecule is Clc1ccc2c(c1)-c1c(ccc3c1[nH]c1ccccc13)C2(c1ccc2ccccc2c1)c1ccc2ccccc2c1. The number of H-pyrrole nitrogens is 1. The molecule has 1 N–H and O–H groups in total. The van der Waals surface area contributed by atoms with E-state index in [2.05, 4.69) is 138 Å². The van der Waals surface area contributed by atoms with Crippen molar-refractivity contribution < 1.29 is 0 Å². The number of benzene rings is 7. The van der Waals surface area contributed by atoms with E-state index in [1.54, 1.807) is 0 Å². The molecule has 0 unspecified atom stereocenters. The summed E-state index contributed by atoms with van der Waals surface area (Å²) in [5.41, 5.74) is 9.25. The second-order valence-electron chi connectivity index (χ2n) is 11.1. The average molecular weight is 542 g/mol. The summed E-state index contributed by atoms with van der Waals surface area (Å²) in [4.78, 5) is 3.80. The third-order valence-corrected chi connectivity index (χ3v) is 9.34. The van der Waals surface area contributed by atoms with Crippen molar-refractivity contribution in [2.24, 2.45) is 0 Å². The van der Waals surface area contributed by atoms with E-state index in [0.29, 0.717) is 0 Å². The van der Waals surface area contributed by atoms with E-state index in [-0.39, 0.29) is 0 Å². The van der Waals surface area contributed by atoms with Gasteiger partial charge in [-0.05, 0) is 79.7 Å². The summed E-state index contributed by atoms with van der Waals surface area (Å²) in [5, 5.41) is 8.18. The minimum Gasteiger partial charge on any atom is -0.354 e. The summed E-state index contributed by atoms with van der Waals surface area (Å²) < 4.78 is 0. The Kier molecular flexibility index (Phi) is 4.66. The lowest BCUT2D eigenvalue weighted by molar-refractivity contribution is 0.772. The van der Waals surface area contributed by atoms with Gasteiger partial charge in [0.15, 0.2) is 0 Å². The molecular formula is C39H24ClN. The molecule has 1 nitrogen and oxygen atoms in total. The number of nitrogens with one attached hydrogen (secondary N) is 1. The quantitative estimate of drug-likeness (QED) is 0.224. The maximum absolute atomic E-state index is 6.75. The van der Waals surface area contributed by atoms with Crippen LogP contribution in [0.3, 0.4) is 0 Å². The van der Waals surface area contributed by atoms with Crippen LogP contribution < -0.4 is 0 Å². The largest absolute Gasteiger partial charge is 0.354 e. The number of halogens is 1. The van der Waals surface area contributed by atoms with Gasteiger partial charge in [0.05, 0.1) is 10.9 Å². The highest BCUT2D eigenvalue weighted by molar-refractivity contribution is 6.31. The Hall–Kier alpha value is -4.85. The fourth-order valence-electron chi connectivity index (χ4n) is 7.34. The predicted octanol–water partition coefficient (Wildman–Crippen LogP) is 10.6. The van der Waals surface area contributed by atoms with E-state index in [1.807, 2.05) is 6.07 Å². The van der Waals surface area contributed by atoms with Crippen LogP contribution in [0.15, 0.2) is 140 Å². The zero-order chi connectivity index (χ0) is 27.1. The highest BCUT2D eigenvalue weighted by atomic mass is 35.5. The molecule has 0 spiro atoms. The van der Waals surface area contributed by atoms with Crippen molar-refractivity contribution in [3.8, 4) is 11.1 Å². The minimum absolute atomic E-state index is 0.519. The zero-order valence-corrected chi connectivity index (χ0v) is 22.9. The maximum atomic E-state index is 6.75. The third kappa shape index (κ3) is 3.07. The number of aromatic amines is 1. The second-order valence-corrected chi connectivity index (χ2v) is 11.6. The fourth-order valence-corrected chi connectivity index (χ4v) is 7.51. The minimum atomic E-state index is -0.519. The van der Waals surface area contributed by atoms with Crippen LogP contribution in [-0.2, 0) is 5.41 Å². The molecule has 0 aliphatic heterocycles. The average Bonchev–Trinajstić information content (AvgIpc) is 3.54. The molecule has 1 aromatic heterocycles. The molecule has 41 heavy (non-hydrogen) atoms. The van der Waals surface area contributed by atoms with Crippen LogP contribution in [-0.4, -0.2) is 4.98 Å². The van der Waals surface area contributed by atoms with Gasteiger partial charge in [0.2, 0.25) is 0 Å². The van der Waals surface area contributed by atoms with Gasteiger partial charge in [0.1, 0.15) is 0 Å². The first-order valence-electron chi connectivity index (χ1n) is 14.0. The number of rotatable bonds is 2. The van der Waals surface area contributed by atoms with Crippen LogP contribution >= 0.6 is 11.6 Å². The monoisotopic (exact) mass is 541 g/mol. The van der Waals surface area contributed by atoms with Crippen molar-refractivity contribution in [2.75, 3.05) is 0 Å². The van der Waals surface area contributed by atoms with Gasteiger partial charge < -0.3 is 4.98 Å². The Balaban J connectivity index is 1.49. The van der Waals surface area contributed by atoms with Gasteiger partial charge in [-0.2, -0.15) is 0 Å². The van der Waals surface area contributed by atoms with E-state index in [4.69, 9.17) is 11.6 Å². The van der Waals surface area contributed by atoms with Crippen molar-refractivity contribution in [1.82, 2.24) is 4.98 Å². The Morgan fingerprint density at radius 1 is 0.488 bits per heavy atom. The Morgan fingerprint density at radius 2 is 1.10 bits per heavy atom. The van der Waals surface area contributed by atoms with Gasteiger partial charge in [0.25, 0.3) is 0 Å². The number of para-hydroxylation sites is 1. The van der Waals surface area contributed by atoms with Gasteiger partial charge in [-0.15, -0.1) is 0 Å². The molecular weight excluding hydrogens is 518 g/mol. The summed E-state index contributed by atoms with van der Waals surface area (Å²) in [7, 11) is 0. The number of aromatic nitrogens is 1. The van der Waals surface area contributed by atoms with Gasteiger partial charge in [-0.1, -0.05) is 121 Å². The summed E-state index contributed by atoms with van der Waals surface area (Å²) >= 11 is 6.75. The number of fused-ring (bicyclic) bond motifs is 9. The third-order valence-electron chi connectivity index (χ3n) is 9.11. The van der Waals surface area contributed by atoms with Crippen molar-refractivity contribution in [3.05, 3.63) is 167 Å². The summed E-state index contributed by atoms with van der Waals surface area (Å²) in [5.74, 6) is 0. The Labute approximate surface area is 242 Å². The Bertz CT molecular complexity index is 2260. The zero-order valence-electron chi connectivity index (χ0n) is 22.2. The molecule has 9 rings (SSSR count). The van der Waals surface area contributed by atoms with Crippen LogP contribution in [0.25, 0.3) is 54.5 Å². The van der Waals surface area contributed by atoms with Crippen LogP contribution in [0.4, 0.5) is 0 Å². The molecule has 192 valence electrons. The second kappa shape index (κ2) is 8.33. The van der Waals surface area contributed by atoms with E-state index >= 15 is 0 Å². The molecule has 0 radical (unpaired) electrons. The molecule has 2 heteroatoms. The topological polar surface area (TPSA) is 15.8 Å². The lowest BCUT2D eigenvalue weighted by Gasteiger charge is -2.34. The molecule has 7 aromatic carbocycles. The van der Waals surface area contributed by atoms with Crippen molar-refractivity contribution in [1.29, 1.82) is 0 Å². The first kappa shape index (κ1) is 22.9. The van der Waals surface area contributed by atoms with Crippen molar-refractivity contribution >= 4 is 55.0 Å². The lowest BCUT2D eigenvalue weighted by Crippen LogP contribution is -2.28. The molecule has 1 heterocycles. The van der Waals surface area contributed by atoms with Crippen LogP contribution in [0.2, 0.25) is 5.02 Å². The van der Waals surface area contributed by atoms with E-state index in [1.165, 1.54) is 65.7 Å². The first-order chi connectivity index (χ1) is 20.2. The van der Waals surface area contributed by atoms with E-state index in [9.17, 15) is 0 Å². The first-order valence-corrected chi connectivity index (χ1v) is 14.4. The smallest absolute Gasteiger partial charge is 0.0714 e. The molecule has 0 fully saturated rings. The van der Waals surface area contributed by atoms with Gasteiger partial charge in [0, 0.05) is 26.9 Å². The number of hydrogen-bond acceptors (Lipinski definition) is 0. The van der Waals surface area contributed by atoms with Gasteiger partial charge in [-0.3, -0.25) is 0 Å². The number of hydrogen-bond donors (Lipinski definition) is 1. The lowest BCUT2D eigenvalue weighted by atomic mass is 9.67. The summed E-state index contributed by atoms with van der Waals surface area (Å²) in [6.07, 6.45) is 0. The molecule has 0 atom stereocenters. The van der Waals surface area contributed by atoms with Gasteiger partial charge >= 0.3 is 0 Å². The van der Waals surface area contributed by atoms with Crippen LogP contribution in [0, 0.1) is 0 Å². The fraction of sp³-hybridized carbons (Fsp3) is 0.0256. The van der Waals surface area contributed by atoms with E-state index < -0.39 is 5.41 Å². The normalized spacial score (nSPS) is 13.7. The van der Waals surface area contributed by atoms with Crippen LogP contribution in [0.5, 0.6) is 0 Å². The maximum Gasteiger partial charge on any atom is 0.0714 e. The molecule has 1 aliphatic carbocycles. The summed E-state index contributed by atoms with van der Waals surface area (Å²) in [6, 6.07) is 50.9. The molecule has 0 saturated heterocycles. The highest BCUT2D eigenvalue weighted by Gasteiger charge is 2.47.